The van der Waals surface area contributed by atoms with E-state index < -0.39 is 5.97 Å². The van der Waals surface area contributed by atoms with Crippen molar-refractivity contribution >= 4 is 5.97 Å². The molecule has 0 aliphatic carbocycles. The number of hydrogen-bond acceptors (Lipinski definition) is 5. The van der Waals surface area contributed by atoms with E-state index in [0.29, 0.717) is 37.7 Å². The molecular formula is C29H33NO5. The largest absolute Gasteiger partial charge is 0.497 e. The highest BCUT2D eigenvalue weighted by Crippen LogP contribution is 2.38. The maximum absolute atomic E-state index is 11.8. The zero-order valence-electron chi connectivity index (χ0n) is 20.4. The van der Waals surface area contributed by atoms with Crippen LogP contribution in [0.15, 0.2) is 72.8 Å². The molecule has 35 heavy (non-hydrogen) atoms. The molecular weight excluding hydrogens is 442 g/mol. The molecule has 0 spiro atoms. The number of carboxylic acid groups (broad SMARTS) is 1. The summed E-state index contributed by atoms with van der Waals surface area (Å²) in [5, 5.41) is 9.68. The second kappa shape index (κ2) is 11.8. The SMILES string of the molecule is CCOc1cc(C(c2cccc(OC)c2)N2CCCC(C(=O)O)C2)ccc1OCc1ccccc1. The lowest BCUT2D eigenvalue weighted by Gasteiger charge is -2.38. The van der Waals surface area contributed by atoms with Crippen LogP contribution in [0.1, 0.15) is 42.5 Å². The molecule has 1 heterocycles. The first kappa shape index (κ1) is 24.6. The molecule has 1 saturated heterocycles. The fourth-order valence-corrected chi connectivity index (χ4v) is 4.69. The molecule has 0 aromatic heterocycles. The van der Waals surface area contributed by atoms with E-state index in [0.717, 1.165) is 35.4 Å². The van der Waals surface area contributed by atoms with E-state index in [9.17, 15) is 9.90 Å². The normalized spacial score (nSPS) is 16.9. The Morgan fingerprint density at radius 2 is 1.80 bits per heavy atom. The lowest BCUT2D eigenvalue weighted by atomic mass is 9.91. The van der Waals surface area contributed by atoms with Crippen LogP contribution in [-0.4, -0.2) is 42.8 Å². The van der Waals surface area contributed by atoms with Crippen LogP contribution < -0.4 is 14.2 Å². The third-order valence-corrected chi connectivity index (χ3v) is 6.40. The number of carboxylic acids is 1. The number of hydrogen-bond donors (Lipinski definition) is 1. The lowest BCUT2D eigenvalue weighted by Crippen LogP contribution is -2.41. The minimum Gasteiger partial charge on any atom is -0.497 e. The van der Waals surface area contributed by atoms with Crippen molar-refractivity contribution < 1.29 is 24.1 Å². The second-order valence-electron chi connectivity index (χ2n) is 8.76. The van der Waals surface area contributed by atoms with E-state index in [1.165, 1.54) is 0 Å². The predicted octanol–water partition coefficient (Wildman–Crippen LogP) is 5.56. The number of carbonyl (C=O) groups is 1. The molecule has 6 heteroatoms. The van der Waals surface area contributed by atoms with Crippen LogP contribution in [-0.2, 0) is 11.4 Å². The highest BCUT2D eigenvalue weighted by Gasteiger charge is 2.32. The topological polar surface area (TPSA) is 68.2 Å². The highest BCUT2D eigenvalue weighted by atomic mass is 16.5. The third kappa shape index (κ3) is 6.14. The maximum atomic E-state index is 11.8. The van der Waals surface area contributed by atoms with Gasteiger partial charge in [-0.1, -0.05) is 48.5 Å². The molecule has 0 saturated carbocycles. The molecule has 6 nitrogen and oxygen atoms in total. The Bertz CT molecular complexity index is 1120. The number of aliphatic carboxylic acids is 1. The fraction of sp³-hybridized carbons (Fsp3) is 0.345. The van der Waals surface area contributed by atoms with Crippen molar-refractivity contribution in [3.05, 3.63) is 89.5 Å². The first-order chi connectivity index (χ1) is 17.1. The Hall–Kier alpha value is -3.51. The van der Waals surface area contributed by atoms with Crippen LogP contribution in [0.3, 0.4) is 0 Å². The van der Waals surface area contributed by atoms with E-state index in [-0.39, 0.29) is 12.0 Å². The van der Waals surface area contributed by atoms with E-state index in [4.69, 9.17) is 14.2 Å². The summed E-state index contributed by atoms with van der Waals surface area (Å²) in [6.07, 6.45) is 1.54. The van der Waals surface area contributed by atoms with Gasteiger partial charge in [0.2, 0.25) is 0 Å². The van der Waals surface area contributed by atoms with Gasteiger partial charge in [0.15, 0.2) is 11.5 Å². The molecule has 3 aromatic rings. The van der Waals surface area contributed by atoms with Crippen molar-refractivity contribution in [2.24, 2.45) is 5.92 Å². The molecule has 4 rings (SSSR count). The first-order valence-electron chi connectivity index (χ1n) is 12.1. The summed E-state index contributed by atoms with van der Waals surface area (Å²) in [5.74, 6) is 1.02. The minimum atomic E-state index is -0.737. The van der Waals surface area contributed by atoms with Crippen LogP contribution in [0.5, 0.6) is 17.2 Å². The van der Waals surface area contributed by atoms with Crippen LogP contribution in [0, 0.1) is 5.92 Å². The Balaban J connectivity index is 1.68. The van der Waals surface area contributed by atoms with Crippen molar-refractivity contribution in [1.29, 1.82) is 0 Å². The Morgan fingerprint density at radius 1 is 1.00 bits per heavy atom. The van der Waals surface area contributed by atoms with Crippen molar-refractivity contribution in [3.8, 4) is 17.2 Å². The lowest BCUT2D eigenvalue weighted by molar-refractivity contribution is -0.143. The van der Waals surface area contributed by atoms with Crippen LogP contribution >= 0.6 is 0 Å². The van der Waals surface area contributed by atoms with Crippen molar-refractivity contribution in [2.75, 3.05) is 26.8 Å². The molecule has 0 amide bonds. The molecule has 3 aromatic carbocycles. The molecule has 2 atom stereocenters. The van der Waals surface area contributed by atoms with Gasteiger partial charge in [-0.05, 0) is 67.3 Å². The summed E-state index contributed by atoms with van der Waals surface area (Å²) >= 11 is 0. The van der Waals surface area contributed by atoms with Gasteiger partial charge in [0, 0.05) is 6.54 Å². The van der Waals surface area contributed by atoms with Gasteiger partial charge < -0.3 is 19.3 Å². The second-order valence-corrected chi connectivity index (χ2v) is 8.76. The summed E-state index contributed by atoms with van der Waals surface area (Å²) in [5.41, 5.74) is 3.16. The number of ether oxygens (including phenoxy) is 3. The highest BCUT2D eigenvalue weighted by molar-refractivity contribution is 5.70. The number of methoxy groups -OCH3 is 1. The fourth-order valence-electron chi connectivity index (χ4n) is 4.69. The van der Waals surface area contributed by atoms with E-state index in [1.54, 1.807) is 7.11 Å². The van der Waals surface area contributed by atoms with Gasteiger partial charge in [0.25, 0.3) is 0 Å². The summed E-state index contributed by atoms with van der Waals surface area (Å²) in [4.78, 5) is 14.0. The third-order valence-electron chi connectivity index (χ3n) is 6.40. The molecule has 0 radical (unpaired) electrons. The summed E-state index contributed by atoms with van der Waals surface area (Å²) in [7, 11) is 1.65. The monoisotopic (exact) mass is 475 g/mol. The number of rotatable bonds is 10. The molecule has 1 aliphatic heterocycles. The summed E-state index contributed by atoms with van der Waals surface area (Å²) < 4.78 is 17.6. The number of likely N-dealkylation sites (tertiary alicyclic amines) is 1. The zero-order chi connectivity index (χ0) is 24.6. The van der Waals surface area contributed by atoms with Crippen molar-refractivity contribution in [2.45, 2.75) is 32.4 Å². The van der Waals surface area contributed by atoms with E-state index >= 15 is 0 Å². The maximum Gasteiger partial charge on any atom is 0.307 e. The first-order valence-corrected chi connectivity index (χ1v) is 12.1. The standard InChI is InChI=1S/C29H33NO5/c1-3-34-27-18-23(14-15-26(27)35-20-21-9-5-4-6-10-21)28(22-11-7-13-25(17-22)33-2)30-16-8-12-24(19-30)29(31)32/h4-7,9-11,13-15,17-18,24,28H,3,8,12,16,19-20H2,1-2H3,(H,31,32). The van der Waals surface area contributed by atoms with Crippen molar-refractivity contribution in [1.82, 2.24) is 4.90 Å². The van der Waals surface area contributed by atoms with Crippen LogP contribution in [0.4, 0.5) is 0 Å². The van der Waals surface area contributed by atoms with E-state index in [1.807, 2.05) is 67.6 Å². The van der Waals surface area contributed by atoms with Gasteiger partial charge in [-0.15, -0.1) is 0 Å². The minimum absolute atomic E-state index is 0.130. The number of piperidine rings is 1. The average Bonchev–Trinajstić information content (AvgIpc) is 2.89. The quantitative estimate of drug-likeness (QED) is 0.414. The summed E-state index contributed by atoms with van der Waals surface area (Å²) in [6.45, 7) is 4.23. The zero-order valence-corrected chi connectivity index (χ0v) is 20.4. The van der Waals surface area contributed by atoms with E-state index in [2.05, 4.69) is 17.0 Å². The van der Waals surface area contributed by atoms with Gasteiger partial charge in [-0.3, -0.25) is 9.69 Å². The molecule has 0 bridgehead atoms. The van der Waals surface area contributed by atoms with Crippen molar-refractivity contribution in [3.63, 3.8) is 0 Å². The Labute approximate surface area is 207 Å². The number of benzene rings is 3. The number of nitrogens with zero attached hydrogens (tertiary/aromatic N) is 1. The van der Waals surface area contributed by atoms with Gasteiger partial charge in [0.05, 0.1) is 25.7 Å². The molecule has 2 unspecified atom stereocenters. The van der Waals surface area contributed by atoms with Gasteiger partial charge in [-0.2, -0.15) is 0 Å². The predicted molar refractivity (Wildman–Crippen MR) is 135 cm³/mol. The molecule has 1 fully saturated rings. The smallest absolute Gasteiger partial charge is 0.307 e. The van der Waals surface area contributed by atoms with Gasteiger partial charge >= 0.3 is 5.97 Å². The van der Waals surface area contributed by atoms with Gasteiger partial charge in [-0.25, -0.2) is 0 Å². The van der Waals surface area contributed by atoms with Crippen LogP contribution in [0.2, 0.25) is 0 Å². The Morgan fingerprint density at radius 3 is 2.54 bits per heavy atom. The average molecular weight is 476 g/mol. The van der Waals surface area contributed by atoms with Crippen LogP contribution in [0.25, 0.3) is 0 Å². The summed E-state index contributed by atoms with van der Waals surface area (Å²) in [6, 6.07) is 23.9. The Kier molecular flexibility index (Phi) is 8.27. The molecule has 184 valence electrons. The van der Waals surface area contributed by atoms with Gasteiger partial charge in [0.1, 0.15) is 12.4 Å². The molecule has 1 aliphatic rings. The molecule has 1 N–H and O–H groups in total.